The first-order valence-corrected chi connectivity index (χ1v) is 4.86. The summed E-state index contributed by atoms with van der Waals surface area (Å²) in [5, 5.41) is 8.85. The lowest BCUT2D eigenvalue weighted by Gasteiger charge is -2.09. The topological polar surface area (TPSA) is 23.8 Å². The van der Waals surface area contributed by atoms with Crippen molar-refractivity contribution in [1.82, 2.24) is 0 Å². The van der Waals surface area contributed by atoms with E-state index in [-0.39, 0.29) is 0 Å². The van der Waals surface area contributed by atoms with Crippen molar-refractivity contribution in [3.8, 4) is 6.07 Å². The molecule has 0 heterocycles. The third-order valence-electron chi connectivity index (χ3n) is 1.79. The number of nitriles is 1. The first-order chi connectivity index (χ1) is 6.20. The lowest BCUT2D eigenvalue weighted by atomic mass is 9.97. The highest BCUT2D eigenvalue weighted by molar-refractivity contribution is 14.1. The maximum absolute atomic E-state index is 12.4. The van der Waals surface area contributed by atoms with Crippen molar-refractivity contribution < 1.29 is 4.39 Å². The van der Waals surface area contributed by atoms with Crippen LogP contribution in [0.4, 0.5) is 4.39 Å². The molecule has 1 aromatic rings. The Balaban J connectivity index is 3.22. The fourth-order valence-electron chi connectivity index (χ4n) is 1.07. The summed E-state index contributed by atoms with van der Waals surface area (Å²) in [7, 11) is 0. The molecule has 0 spiro atoms. The third-order valence-corrected chi connectivity index (χ3v) is 2.68. The lowest BCUT2D eigenvalue weighted by Crippen LogP contribution is -2.01. The molecule has 67 valence electrons. The van der Waals surface area contributed by atoms with Crippen LogP contribution in [0, 0.1) is 20.8 Å². The minimum Gasteiger partial charge on any atom is -0.250 e. The molecule has 13 heavy (non-hydrogen) atoms. The van der Waals surface area contributed by atoms with Crippen LogP contribution in [-0.2, 0) is 0 Å². The molecule has 0 fully saturated rings. The van der Waals surface area contributed by atoms with Gasteiger partial charge in [-0.1, -0.05) is 19.1 Å². The summed E-state index contributed by atoms with van der Waals surface area (Å²) in [6.07, 6.45) is 0. The average molecular weight is 288 g/mol. The Kier molecular flexibility index (Phi) is 3.67. The Bertz CT molecular complexity index is 343. The molecule has 0 aliphatic heterocycles. The van der Waals surface area contributed by atoms with Crippen LogP contribution < -0.4 is 0 Å². The van der Waals surface area contributed by atoms with E-state index >= 15 is 0 Å². The maximum atomic E-state index is 12.4. The summed E-state index contributed by atoms with van der Waals surface area (Å²) in [6.45, 7) is 1.20. The summed E-state index contributed by atoms with van der Waals surface area (Å²) >= 11 is 2.08. The van der Waals surface area contributed by atoms with Crippen molar-refractivity contribution >= 4 is 22.6 Å². The molecule has 0 unspecified atom stereocenters. The van der Waals surface area contributed by atoms with Gasteiger partial charge >= 0.3 is 0 Å². The van der Waals surface area contributed by atoms with Gasteiger partial charge in [-0.25, -0.2) is 0 Å². The van der Waals surface area contributed by atoms with E-state index in [9.17, 15) is 4.39 Å². The molecule has 1 aromatic carbocycles. The fourth-order valence-corrected chi connectivity index (χ4v) is 1.68. The van der Waals surface area contributed by atoms with E-state index in [0.717, 1.165) is 9.13 Å². The van der Waals surface area contributed by atoms with Gasteiger partial charge in [0, 0.05) is 9.49 Å². The number of hydrogen-bond donors (Lipinski definition) is 0. The lowest BCUT2D eigenvalue weighted by molar-refractivity contribution is 0.516. The van der Waals surface area contributed by atoms with Gasteiger partial charge in [0.15, 0.2) is 0 Å². The second-order valence-corrected chi connectivity index (χ2v) is 3.85. The van der Waals surface area contributed by atoms with Crippen LogP contribution in [-0.4, -0.2) is 6.67 Å². The predicted molar refractivity (Wildman–Crippen MR) is 57.9 cm³/mol. The molecule has 0 N–H and O–H groups in total. The van der Waals surface area contributed by atoms with E-state index < -0.39 is 6.67 Å². The van der Waals surface area contributed by atoms with Gasteiger partial charge in [-0.15, -0.1) is 0 Å². The Morgan fingerprint density at radius 1 is 1.62 bits per heavy atom. The van der Waals surface area contributed by atoms with E-state index in [1.165, 1.54) is 0 Å². The van der Waals surface area contributed by atoms with Crippen LogP contribution in [0.5, 0.6) is 0 Å². The van der Waals surface area contributed by atoms with E-state index in [1.807, 2.05) is 12.1 Å². The van der Waals surface area contributed by atoms with E-state index in [0.29, 0.717) is 11.5 Å². The molecular formula is C10H8FIN. The van der Waals surface area contributed by atoms with Crippen LogP contribution in [0.25, 0.3) is 0 Å². The van der Waals surface area contributed by atoms with Crippen LogP contribution >= 0.6 is 22.6 Å². The molecule has 0 saturated carbocycles. The van der Waals surface area contributed by atoms with E-state index in [2.05, 4.69) is 28.7 Å². The van der Waals surface area contributed by atoms with Gasteiger partial charge < -0.3 is 0 Å². The number of alkyl halides is 1. The molecule has 0 aromatic heterocycles. The Hall–Kier alpha value is -0.630. The summed E-state index contributed by atoms with van der Waals surface area (Å²) in [5.41, 5.74) is 1.29. The highest BCUT2D eigenvalue weighted by atomic mass is 127. The maximum Gasteiger partial charge on any atom is 0.101 e. The van der Waals surface area contributed by atoms with Crippen molar-refractivity contribution in [3.63, 3.8) is 0 Å². The molecule has 0 saturated heterocycles. The highest BCUT2D eigenvalue weighted by Gasteiger charge is 2.12. The van der Waals surface area contributed by atoms with Crippen LogP contribution in [0.1, 0.15) is 18.1 Å². The van der Waals surface area contributed by atoms with Crippen LogP contribution in [0.2, 0.25) is 0 Å². The average Bonchev–Trinajstić information content (AvgIpc) is 2.16. The molecule has 0 atom stereocenters. The van der Waals surface area contributed by atoms with Crippen molar-refractivity contribution in [2.24, 2.45) is 0 Å². The monoisotopic (exact) mass is 288 g/mol. The number of rotatable bonds is 2. The van der Waals surface area contributed by atoms with Gasteiger partial charge in [-0.2, -0.15) is 5.26 Å². The largest absolute Gasteiger partial charge is 0.250 e. The third kappa shape index (κ3) is 2.19. The minimum absolute atomic E-state index is 0.505. The normalized spacial score (nSPS) is 10.1. The van der Waals surface area contributed by atoms with Gasteiger partial charge in [-0.05, 0) is 34.2 Å². The SMILES string of the molecule is C[C](CF)c1cccc(I)c1C#N. The summed E-state index contributed by atoms with van der Waals surface area (Å²) in [4.78, 5) is 0. The smallest absolute Gasteiger partial charge is 0.101 e. The molecule has 1 nitrogen and oxygen atoms in total. The van der Waals surface area contributed by atoms with Gasteiger partial charge in [0.25, 0.3) is 0 Å². The molecule has 0 aliphatic carbocycles. The minimum atomic E-state index is -0.505. The van der Waals surface area contributed by atoms with Crippen molar-refractivity contribution in [1.29, 1.82) is 5.26 Å². The van der Waals surface area contributed by atoms with Gasteiger partial charge in [0.1, 0.15) is 6.07 Å². The quantitative estimate of drug-likeness (QED) is 0.767. The predicted octanol–water partition coefficient (Wildman–Crippen LogP) is 3.07. The van der Waals surface area contributed by atoms with Crippen molar-refractivity contribution in [2.45, 2.75) is 6.92 Å². The zero-order valence-electron chi connectivity index (χ0n) is 7.14. The molecule has 0 bridgehead atoms. The Labute approximate surface area is 90.7 Å². The number of halogens is 2. The summed E-state index contributed by atoms with van der Waals surface area (Å²) in [5.74, 6) is 0.607. The fraction of sp³-hybridized carbons (Fsp3) is 0.200. The molecular weight excluding hydrogens is 280 g/mol. The number of nitrogens with zero attached hydrogens (tertiary/aromatic N) is 1. The van der Waals surface area contributed by atoms with Gasteiger partial charge in [-0.3, -0.25) is 4.39 Å². The summed E-state index contributed by atoms with van der Waals surface area (Å²) < 4.78 is 13.2. The zero-order valence-corrected chi connectivity index (χ0v) is 9.30. The van der Waals surface area contributed by atoms with Crippen LogP contribution in [0.15, 0.2) is 18.2 Å². The van der Waals surface area contributed by atoms with Gasteiger partial charge in [0.05, 0.1) is 12.2 Å². The van der Waals surface area contributed by atoms with Crippen LogP contribution in [0.3, 0.4) is 0 Å². The zero-order chi connectivity index (χ0) is 9.84. The first kappa shape index (κ1) is 10.5. The standard InChI is InChI=1S/C10H8FIN/c1-7(5-11)8-3-2-4-10(12)9(8)6-13/h2-4H,5H2,1H3. The molecule has 3 heteroatoms. The van der Waals surface area contributed by atoms with E-state index in [1.54, 1.807) is 13.0 Å². The number of benzene rings is 1. The Morgan fingerprint density at radius 2 is 2.31 bits per heavy atom. The second kappa shape index (κ2) is 4.56. The second-order valence-electron chi connectivity index (χ2n) is 2.69. The molecule has 0 amide bonds. The molecule has 0 aliphatic rings. The van der Waals surface area contributed by atoms with Crippen molar-refractivity contribution in [2.75, 3.05) is 6.67 Å². The first-order valence-electron chi connectivity index (χ1n) is 3.78. The van der Waals surface area contributed by atoms with Gasteiger partial charge in [0.2, 0.25) is 0 Å². The summed E-state index contributed by atoms with van der Waals surface area (Å²) in [6, 6.07) is 7.53. The van der Waals surface area contributed by atoms with E-state index in [4.69, 9.17) is 5.26 Å². The molecule has 1 radical (unpaired) electrons. The van der Waals surface area contributed by atoms with Crippen molar-refractivity contribution in [3.05, 3.63) is 38.8 Å². The number of hydrogen-bond acceptors (Lipinski definition) is 1. The highest BCUT2D eigenvalue weighted by Crippen LogP contribution is 2.22. The Morgan fingerprint density at radius 3 is 2.85 bits per heavy atom. The molecule has 1 rings (SSSR count).